The second-order valence-corrected chi connectivity index (χ2v) is 4.66. The van der Waals surface area contributed by atoms with E-state index >= 15 is 0 Å². The minimum Gasteiger partial charge on any atom is -0.438 e. The number of thiophene rings is 1. The molecule has 0 saturated heterocycles. The highest BCUT2D eigenvalue weighted by atomic mass is 32.1. The largest absolute Gasteiger partial charge is 0.438 e. The summed E-state index contributed by atoms with van der Waals surface area (Å²) in [6.07, 6.45) is 0. The number of nitrogens with zero attached hydrogens (tertiary/aromatic N) is 3. The van der Waals surface area contributed by atoms with Crippen LogP contribution in [0.4, 0.5) is 5.95 Å². The van der Waals surface area contributed by atoms with Gasteiger partial charge in [-0.25, -0.2) is 4.98 Å². The maximum absolute atomic E-state index is 8.86. The van der Waals surface area contributed by atoms with Crippen LogP contribution in [0.3, 0.4) is 0 Å². The number of rotatable bonds is 2. The third-order valence-electron chi connectivity index (χ3n) is 2.49. The molecule has 2 aromatic heterocycles. The maximum atomic E-state index is 8.86. The van der Waals surface area contributed by atoms with Crippen LogP contribution in [-0.2, 0) is 0 Å². The molecular weight excluding hydrogens is 260 g/mol. The third kappa shape index (κ3) is 2.19. The lowest BCUT2D eigenvalue weighted by molar-refractivity contribution is 0.469. The number of nitrogens with two attached hydrogens (primary N) is 1. The van der Waals surface area contributed by atoms with Gasteiger partial charge in [0, 0.05) is 0 Å². The number of nitrogen functional groups attached to an aromatic ring is 1. The SMILES string of the molecule is N#Cc1cccc(Oc2nc(N)nc3sccc23)c1. The van der Waals surface area contributed by atoms with E-state index in [0.29, 0.717) is 17.2 Å². The lowest BCUT2D eigenvalue weighted by Gasteiger charge is -2.06. The Labute approximate surface area is 112 Å². The molecule has 3 aromatic rings. The molecular formula is C13H8N4OS. The molecule has 0 unspecified atom stereocenters. The van der Waals surface area contributed by atoms with E-state index in [9.17, 15) is 0 Å². The van der Waals surface area contributed by atoms with E-state index in [1.54, 1.807) is 24.3 Å². The fourth-order valence-corrected chi connectivity index (χ4v) is 2.42. The molecule has 92 valence electrons. The molecule has 6 heteroatoms. The zero-order chi connectivity index (χ0) is 13.2. The molecule has 0 bridgehead atoms. The van der Waals surface area contributed by atoms with Crippen LogP contribution in [0.1, 0.15) is 5.56 Å². The van der Waals surface area contributed by atoms with Crippen molar-refractivity contribution < 1.29 is 4.74 Å². The van der Waals surface area contributed by atoms with Gasteiger partial charge in [0.15, 0.2) is 0 Å². The zero-order valence-corrected chi connectivity index (χ0v) is 10.5. The fourth-order valence-electron chi connectivity index (χ4n) is 1.66. The molecule has 2 heterocycles. The van der Waals surface area contributed by atoms with Crippen molar-refractivity contribution in [1.29, 1.82) is 5.26 Å². The van der Waals surface area contributed by atoms with Gasteiger partial charge in [0.25, 0.3) is 0 Å². The van der Waals surface area contributed by atoms with Gasteiger partial charge in [0.05, 0.1) is 17.0 Å². The predicted octanol–water partition coefficient (Wildman–Crippen LogP) is 2.94. The Hall–Kier alpha value is -2.65. The van der Waals surface area contributed by atoms with E-state index in [4.69, 9.17) is 15.7 Å². The number of hydrogen-bond donors (Lipinski definition) is 1. The standard InChI is InChI=1S/C13H8N4OS/c14-7-8-2-1-3-9(6-8)18-11-10-4-5-19-12(10)17-13(15)16-11/h1-6H,(H2,15,16,17). The highest BCUT2D eigenvalue weighted by molar-refractivity contribution is 7.16. The van der Waals surface area contributed by atoms with Gasteiger partial charge in [-0.3, -0.25) is 0 Å². The average Bonchev–Trinajstić information content (AvgIpc) is 2.87. The molecule has 0 saturated carbocycles. The van der Waals surface area contributed by atoms with Crippen LogP contribution in [-0.4, -0.2) is 9.97 Å². The highest BCUT2D eigenvalue weighted by Crippen LogP contribution is 2.30. The van der Waals surface area contributed by atoms with Crippen molar-refractivity contribution in [3.8, 4) is 17.7 Å². The van der Waals surface area contributed by atoms with Crippen molar-refractivity contribution in [2.75, 3.05) is 5.73 Å². The second kappa shape index (κ2) is 4.55. The number of aromatic nitrogens is 2. The smallest absolute Gasteiger partial charge is 0.232 e. The molecule has 0 atom stereocenters. The van der Waals surface area contributed by atoms with E-state index in [-0.39, 0.29) is 5.95 Å². The van der Waals surface area contributed by atoms with Gasteiger partial charge in [-0.15, -0.1) is 11.3 Å². The summed E-state index contributed by atoms with van der Waals surface area (Å²) in [4.78, 5) is 8.99. The molecule has 0 spiro atoms. The van der Waals surface area contributed by atoms with E-state index in [1.807, 2.05) is 11.4 Å². The van der Waals surface area contributed by atoms with E-state index < -0.39 is 0 Å². The van der Waals surface area contributed by atoms with Gasteiger partial charge in [-0.2, -0.15) is 10.2 Å². The van der Waals surface area contributed by atoms with Gasteiger partial charge < -0.3 is 10.5 Å². The first kappa shape index (κ1) is 11.4. The summed E-state index contributed by atoms with van der Waals surface area (Å²) >= 11 is 1.47. The summed E-state index contributed by atoms with van der Waals surface area (Å²) in [6.45, 7) is 0. The summed E-state index contributed by atoms with van der Waals surface area (Å²) in [5.41, 5.74) is 6.17. The Balaban J connectivity index is 2.05. The van der Waals surface area contributed by atoms with Gasteiger partial charge >= 0.3 is 0 Å². The fraction of sp³-hybridized carbons (Fsp3) is 0. The summed E-state index contributed by atoms with van der Waals surface area (Å²) in [5.74, 6) is 1.12. The third-order valence-corrected chi connectivity index (χ3v) is 3.29. The van der Waals surface area contributed by atoms with Crippen molar-refractivity contribution in [1.82, 2.24) is 9.97 Å². The first-order chi connectivity index (χ1) is 9.26. The molecule has 19 heavy (non-hydrogen) atoms. The van der Waals surface area contributed by atoms with Crippen LogP contribution >= 0.6 is 11.3 Å². The van der Waals surface area contributed by atoms with E-state index in [1.165, 1.54) is 11.3 Å². The van der Waals surface area contributed by atoms with Gasteiger partial charge in [0.2, 0.25) is 11.8 Å². The molecule has 0 radical (unpaired) electrons. The molecule has 0 aliphatic heterocycles. The number of fused-ring (bicyclic) bond motifs is 1. The quantitative estimate of drug-likeness (QED) is 0.772. The first-order valence-corrected chi connectivity index (χ1v) is 6.33. The monoisotopic (exact) mass is 268 g/mol. The van der Waals surface area contributed by atoms with Crippen molar-refractivity contribution >= 4 is 27.5 Å². The Bertz CT molecular complexity index is 791. The Kier molecular flexibility index (Phi) is 2.74. The maximum Gasteiger partial charge on any atom is 0.232 e. The van der Waals surface area contributed by atoms with E-state index in [0.717, 1.165) is 10.2 Å². The van der Waals surface area contributed by atoms with Gasteiger partial charge in [-0.05, 0) is 29.6 Å². The van der Waals surface area contributed by atoms with Crippen molar-refractivity contribution in [3.05, 3.63) is 41.3 Å². The van der Waals surface area contributed by atoms with Crippen LogP contribution in [0, 0.1) is 11.3 Å². The summed E-state index contributed by atoms with van der Waals surface area (Å²) < 4.78 is 5.70. The second-order valence-electron chi connectivity index (χ2n) is 3.77. The molecule has 1 aromatic carbocycles. The van der Waals surface area contributed by atoms with Crippen molar-refractivity contribution in [3.63, 3.8) is 0 Å². The van der Waals surface area contributed by atoms with Crippen LogP contribution in [0.2, 0.25) is 0 Å². The van der Waals surface area contributed by atoms with Crippen molar-refractivity contribution in [2.24, 2.45) is 0 Å². The van der Waals surface area contributed by atoms with Crippen LogP contribution < -0.4 is 10.5 Å². The van der Waals surface area contributed by atoms with Crippen LogP contribution in [0.5, 0.6) is 11.6 Å². The lowest BCUT2D eigenvalue weighted by Crippen LogP contribution is -1.97. The zero-order valence-electron chi connectivity index (χ0n) is 9.70. The minimum absolute atomic E-state index is 0.168. The van der Waals surface area contributed by atoms with Crippen LogP contribution in [0.25, 0.3) is 10.2 Å². The number of nitriles is 1. The molecule has 0 amide bonds. The number of benzene rings is 1. The summed E-state index contributed by atoms with van der Waals surface area (Å²) in [7, 11) is 0. The summed E-state index contributed by atoms with van der Waals surface area (Å²) in [6, 6.07) is 10.8. The molecule has 5 nitrogen and oxygen atoms in total. The topological polar surface area (TPSA) is 84.8 Å². The normalized spacial score (nSPS) is 10.3. The molecule has 0 aliphatic rings. The van der Waals surface area contributed by atoms with E-state index in [2.05, 4.69) is 16.0 Å². The Morgan fingerprint density at radius 2 is 2.16 bits per heavy atom. The average molecular weight is 268 g/mol. The Morgan fingerprint density at radius 3 is 3.00 bits per heavy atom. The minimum atomic E-state index is 0.168. The first-order valence-electron chi connectivity index (χ1n) is 5.45. The highest BCUT2D eigenvalue weighted by Gasteiger charge is 2.09. The number of hydrogen-bond acceptors (Lipinski definition) is 6. The Morgan fingerprint density at radius 1 is 1.26 bits per heavy atom. The number of anilines is 1. The molecule has 0 fully saturated rings. The molecule has 2 N–H and O–H groups in total. The van der Waals surface area contributed by atoms with Crippen molar-refractivity contribution in [2.45, 2.75) is 0 Å². The number of ether oxygens (including phenoxy) is 1. The van der Waals surface area contributed by atoms with Gasteiger partial charge in [0.1, 0.15) is 10.6 Å². The molecule has 0 aliphatic carbocycles. The molecule has 3 rings (SSSR count). The lowest BCUT2D eigenvalue weighted by atomic mass is 10.2. The summed E-state index contributed by atoms with van der Waals surface area (Å²) in [5, 5.41) is 11.6. The van der Waals surface area contributed by atoms with Gasteiger partial charge in [-0.1, -0.05) is 6.07 Å². The van der Waals surface area contributed by atoms with Crippen LogP contribution in [0.15, 0.2) is 35.7 Å². The predicted molar refractivity (Wildman–Crippen MR) is 73.1 cm³/mol.